The number of amides is 1. The molecule has 1 aromatic carbocycles. The number of rotatable bonds is 5. The van der Waals surface area contributed by atoms with Crippen molar-refractivity contribution in [1.29, 1.82) is 0 Å². The maximum atomic E-state index is 11.4. The van der Waals surface area contributed by atoms with Crippen molar-refractivity contribution in [2.24, 2.45) is 0 Å². The highest BCUT2D eigenvalue weighted by atomic mass is 79.9. The van der Waals surface area contributed by atoms with Crippen LogP contribution >= 0.6 is 15.9 Å². The molecule has 0 bridgehead atoms. The van der Waals surface area contributed by atoms with Gasteiger partial charge in [-0.1, -0.05) is 15.9 Å². The number of carbonyl (C=O) groups excluding carboxylic acids is 1. The van der Waals surface area contributed by atoms with Crippen molar-refractivity contribution in [3.05, 3.63) is 34.3 Å². The topological polar surface area (TPSA) is 47.6 Å². The normalized spacial score (nSPS) is 10.0. The first-order chi connectivity index (χ1) is 7.24. The second-order valence-corrected chi connectivity index (χ2v) is 3.70. The van der Waals surface area contributed by atoms with E-state index >= 15 is 0 Å². The first kappa shape index (κ1) is 12.2. The van der Waals surface area contributed by atoms with Gasteiger partial charge in [-0.25, -0.2) is 5.48 Å². The minimum Gasteiger partial charge on any atom is -0.382 e. The molecule has 82 valence electrons. The largest absolute Gasteiger partial charge is 0.382 e. The van der Waals surface area contributed by atoms with Crippen LogP contribution in [0.3, 0.4) is 0 Å². The quantitative estimate of drug-likeness (QED) is 0.657. The molecular formula is C10H12BrNO3. The average Bonchev–Trinajstić information content (AvgIpc) is 2.25. The van der Waals surface area contributed by atoms with E-state index in [2.05, 4.69) is 21.4 Å². The zero-order valence-electron chi connectivity index (χ0n) is 8.33. The van der Waals surface area contributed by atoms with Gasteiger partial charge in [0.15, 0.2) is 0 Å². The maximum Gasteiger partial charge on any atom is 0.274 e. The summed E-state index contributed by atoms with van der Waals surface area (Å²) in [6, 6.07) is 7.01. The lowest BCUT2D eigenvalue weighted by molar-refractivity contribution is 0.00889. The fourth-order valence-corrected chi connectivity index (χ4v) is 1.17. The highest BCUT2D eigenvalue weighted by Gasteiger charge is 2.03. The fraction of sp³-hybridized carbons (Fsp3) is 0.300. The van der Waals surface area contributed by atoms with Gasteiger partial charge < -0.3 is 4.74 Å². The van der Waals surface area contributed by atoms with Crippen LogP contribution in [0, 0.1) is 0 Å². The Bertz CT molecular complexity index is 313. The molecule has 5 heteroatoms. The maximum absolute atomic E-state index is 11.4. The second kappa shape index (κ2) is 6.55. The Labute approximate surface area is 96.7 Å². The van der Waals surface area contributed by atoms with E-state index in [1.165, 1.54) is 0 Å². The Morgan fingerprint density at radius 2 is 2.00 bits per heavy atom. The monoisotopic (exact) mass is 273 g/mol. The highest BCUT2D eigenvalue weighted by Crippen LogP contribution is 2.10. The van der Waals surface area contributed by atoms with Crippen LogP contribution in [0.5, 0.6) is 0 Å². The molecule has 0 unspecified atom stereocenters. The standard InChI is InChI=1S/C10H12BrNO3/c1-14-6-7-15-12-10(13)8-2-4-9(11)5-3-8/h2-5H,6-7H2,1H3,(H,12,13). The molecule has 0 aliphatic heterocycles. The van der Waals surface area contributed by atoms with E-state index < -0.39 is 0 Å². The van der Waals surface area contributed by atoms with E-state index in [1.807, 2.05) is 0 Å². The summed E-state index contributed by atoms with van der Waals surface area (Å²) >= 11 is 3.29. The second-order valence-electron chi connectivity index (χ2n) is 2.78. The van der Waals surface area contributed by atoms with Crippen LogP contribution in [0.4, 0.5) is 0 Å². The average molecular weight is 274 g/mol. The van der Waals surface area contributed by atoms with Crippen LogP contribution in [0.25, 0.3) is 0 Å². The number of hydroxylamine groups is 1. The summed E-state index contributed by atoms with van der Waals surface area (Å²) in [6.07, 6.45) is 0. The highest BCUT2D eigenvalue weighted by molar-refractivity contribution is 9.10. The fourth-order valence-electron chi connectivity index (χ4n) is 0.902. The Morgan fingerprint density at radius 1 is 1.33 bits per heavy atom. The molecule has 1 amide bonds. The molecule has 1 rings (SSSR count). The molecule has 0 aliphatic rings. The van der Waals surface area contributed by atoms with E-state index in [0.717, 1.165) is 4.47 Å². The number of methoxy groups -OCH3 is 1. The van der Waals surface area contributed by atoms with Gasteiger partial charge in [0.25, 0.3) is 5.91 Å². The molecular weight excluding hydrogens is 262 g/mol. The van der Waals surface area contributed by atoms with Crippen LogP contribution in [-0.4, -0.2) is 26.2 Å². The lowest BCUT2D eigenvalue weighted by Gasteiger charge is -2.05. The zero-order chi connectivity index (χ0) is 11.1. The van der Waals surface area contributed by atoms with Gasteiger partial charge in [0.2, 0.25) is 0 Å². The summed E-state index contributed by atoms with van der Waals surface area (Å²) in [5, 5.41) is 0. The molecule has 1 aromatic rings. The minimum absolute atomic E-state index is 0.265. The lowest BCUT2D eigenvalue weighted by Crippen LogP contribution is -2.25. The van der Waals surface area contributed by atoms with Gasteiger partial charge in [-0.15, -0.1) is 0 Å². The number of hydrogen-bond acceptors (Lipinski definition) is 3. The van der Waals surface area contributed by atoms with Crippen molar-refractivity contribution in [2.45, 2.75) is 0 Å². The van der Waals surface area contributed by atoms with Crippen molar-refractivity contribution in [1.82, 2.24) is 5.48 Å². The van der Waals surface area contributed by atoms with E-state index in [9.17, 15) is 4.79 Å². The first-order valence-corrected chi connectivity index (χ1v) is 5.20. The predicted molar refractivity (Wildman–Crippen MR) is 59.4 cm³/mol. The van der Waals surface area contributed by atoms with Crippen molar-refractivity contribution in [3.8, 4) is 0 Å². The van der Waals surface area contributed by atoms with Crippen molar-refractivity contribution >= 4 is 21.8 Å². The molecule has 15 heavy (non-hydrogen) atoms. The van der Waals surface area contributed by atoms with Crippen LogP contribution < -0.4 is 5.48 Å². The van der Waals surface area contributed by atoms with Crippen LogP contribution in [0.1, 0.15) is 10.4 Å². The molecule has 0 heterocycles. The predicted octanol–water partition coefficient (Wildman–Crippen LogP) is 1.76. The van der Waals surface area contributed by atoms with Crippen molar-refractivity contribution < 1.29 is 14.4 Å². The van der Waals surface area contributed by atoms with Crippen LogP contribution in [0.2, 0.25) is 0 Å². The van der Waals surface area contributed by atoms with Gasteiger partial charge >= 0.3 is 0 Å². The zero-order valence-corrected chi connectivity index (χ0v) is 9.91. The summed E-state index contributed by atoms with van der Waals surface area (Å²) < 4.78 is 5.69. The van der Waals surface area contributed by atoms with Gasteiger partial charge in [0.05, 0.1) is 13.2 Å². The number of ether oxygens (including phenoxy) is 1. The summed E-state index contributed by atoms with van der Waals surface area (Å²) in [5.41, 5.74) is 2.87. The van der Waals surface area contributed by atoms with Crippen molar-refractivity contribution in [3.63, 3.8) is 0 Å². The summed E-state index contributed by atoms with van der Waals surface area (Å²) in [5.74, 6) is -0.265. The Balaban J connectivity index is 2.37. The molecule has 1 N–H and O–H groups in total. The van der Waals surface area contributed by atoms with E-state index in [4.69, 9.17) is 9.57 Å². The molecule has 0 spiro atoms. The van der Waals surface area contributed by atoms with E-state index in [0.29, 0.717) is 18.8 Å². The molecule has 0 fully saturated rings. The number of benzene rings is 1. The minimum atomic E-state index is -0.265. The Morgan fingerprint density at radius 3 is 2.60 bits per heavy atom. The third-order valence-electron chi connectivity index (χ3n) is 1.66. The first-order valence-electron chi connectivity index (χ1n) is 4.40. The van der Waals surface area contributed by atoms with E-state index in [1.54, 1.807) is 31.4 Å². The van der Waals surface area contributed by atoms with Crippen molar-refractivity contribution in [2.75, 3.05) is 20.3 Å². The van der Waals surface area contributed by atoms with Crippen LogP contribution in [-0.2, 0) is 9.57 Å². The van der Waals surface area contributed by atoms with Gasteiger partial charge in [-0.3, -0.25) is 9.63 Å². The smallest absolute Gasteiger partial charge is 0.274 e. The van der Waals surface area contributed by atoms with Gasteiger partial charge in [0, 0.05) is 17.1 Å². The molecule has 4 nitrogen and oxygen atoms in total. The third kappa shape index (κ3) is 4.42. The Hall–Kier alpha value is -0.910. The number of carbonyl (C=O) groups is 1. The molecule has 0 radical (unpaired) electrons. The number of hydrogen-bond donors (Lipinski definition) is 1. The number of nitrogens with one attached hydrogen (secondary N) is 1. The summed E-state index contributed by atoms with van der Waals surface area (Å²) in [6.45, 7) is 0.777. The third-order valence-corrected chi connectivity index (χ3v) is 2.19. The Kier molecular flexibility index (Phi) is 5.31. The van der Waals surface area contributed by atoms with Gasteiger partial charge in [0.1, 0.15) is 0 Å². The van der Waals surface area contributed by atoms with E-state index in [-0.39, 0.29) is 5.91 Å². The summed E-state index contributed by atoms with van der Waals surface area (Å²) in [4.78, 5) is 16.3. The summed E-state index contributed by atoms with van der Waals surface area (Å²) in [7, 11) is 1.57. The molecule has 0 saturated carbocycles. The number of halogens is 1. The van der Waals surface area contributed by atoms with Crippen LogP contribution in [0.15, 0.2) is 28.7 Å². The molecule has 0 atom stereocenters. The SMILES string of the molecule is COCCONC(=O)c1ccc(Br)cc1. The molecule has 0 saturated heterocycles. The van der Waals surface area contributed by atoms with Gasteiger partial charge in [-0.05, 0) is 24.3 Å². The lowest BCUT2D eigenvalue weighted by atomic mass is 10.2. The molecule has 0 aliphatic carbocycles. The van der Waals surface area contributed by atoms with Gasteiger partial charge in [-0.2, -0.15) is 0 Å². The molecule has 0 aromatic heterocycles.